The molecular formula is C21H13Cl2N3O2S. The SMILES string of the molecule is N#Cc1ccccc1NC(=S)NC(=O)C=Cc1ccc(-c2cccc(Cl)c2Cl)o1. The lowest BCUT2D eigenvalue weighted by Gasteiger charge is -2.09. The number of halogens is 2. The summed E-state index contributed by atoms with van der Waals surface area (Å²) in [5, 5.41) is 15.3. The van der Waals surface area contributed by atoms with Crippen molar-refractivity contribution in [3.8, 4) is 17.4 Å². The van der Waals surface area contributed by atoms with E-state index in [1.165, 1.54) is 12.2 Å². The zero-order valence-electron chi connectivity index (χ0n) is 14.8. The molecule has 0 saturated heterocycles. The highest BCUT2D eigenvalue weighted by molar-refractivity contribution is 7.80. The number of benzene rings is 2. The quantitative estimate of drug-likeness (QED) is 0.403. The van der Waals surface area contributed by atoms with Gasteiger partial charge in [-0.15, -0.1) is 0 Å². The molecule has 3 aromatic rings. The number of rotatable bonds is 4. The van der Waals surface area contributed by atoms with Crippen LogP contribution in [0.4, 0.5) is 5.69 Å². The van der Waals surface area contributed by atoms with Crippen molar-refractivity contribution in [3.63, 3.8) is 0 Å². The number of amides is 1. The Labute approximate surface area is 182 Å². The van der Waals surface area contributed by atoms with Gasteiger partial charge in [0.2, 0.25) is 5.91 Å². The predicted molar refractivity (Wildman–Crippen MR) is 119 cm³/mol. The van der Waals surface area contributed by atoms with Crippen molar-refractivity contribution in [2.45, 2.75) is 0 Å². The number of nitriles is 1. The molecule has 3 rings (SSSR count). The highest BCUT2D eigenvalue weighted by Gasteiger charge is 2.10. The van der Waals surface area contributed by atoms with E-state index in [1.54, 1.807) is 54.6 Å². The van der Waals surface area contributed by atoms with Crippen LogP contribution in [-0.2, 0) is 4.79 Å². The minimum Gasteiger partial charge on any atom is -0.457 e. The number of nitrogens with one attached hydrogen (secondary N) is 2. The fourth-order valence-corrected chi connectivity index (χ4v) is 3.04. The van der Waals surface area contributed by atoms with Crippen LogP contribution in [0.2, 0.25) is 10.0 Å². The third kappa shape index (κ3) is 5.24. The second-order valence-corrected chi connectivity index (χ2v) is 6.93. The Morgan fingerprint density at radius 2 is 1.90 bits per heavy atom. The number of carbonyl (C=O) groups is 1. The summed E-state index contributed by atoms with van der Waals surface area (Å²) in [5.41, 5.74) is 1.59. The Morgan fingerprint density at radius 1 is 1.10 bits per heavy atom. The van der Waals surface area contributed by atoms with Gasteiger partial charge in [-0.1, -0.05) is 41.4 Å². The van der Waals surface area contributed by atoms with E-state index in [9.17, 15) is 4.79 Å². The van der Waals surface area contributed by atoms with Gasteiger partial charge in [-0.25, -0.2) is 0 Å². The van der Waals surface area contributed by atoms with Crippen LogP contribution in [0.15, 0.2) is 65.1 Å². The topological polar surface area (TPSA) is 78.1 Å². The van der Waals surface area contributed by atoms with Crippen LogP contribution in [-0.4, -0.2) is 11.0 Å². The number of thiocarbonyl (C=S) groups is 1. The van der Waals surface area contributed by atoms with E-state index >= 15 is 0 Å². The van der Waals surface area contributed by atoms with Crippen molar-refractivity contribution in [3.05, 3.63) is 82.0 Å². The summed E-state index contributed by atoms with van der Waals surface area (Å²) >= 11 is 17.3. The number of anilines is 1. The third-order valence-electron chi connectivity index (χ3n) is 3.78. The summed E-state index contributed by atoms with van der Waals surface area (Å²) < 4.78 is 5.69. The maximum Gasteiger partial charge on any atom is 0.250 e. The minimum absolute atomic E-state index is 0.0770. The molecule has 0 aliphatic heterocycles. The predicted octanol–water partition coefficient (Wildman–Crippen LogP) is 5.65. The molecule has 5 nitrogen and oxygen atoms in total. The molecule has 2 N–H and O–H groups in total. The third-order valence-corrected chi connectivity index (χ3v) is 4.80. The monoisotopic (exact) mass is 441 g/mol. The maximum atomic E-state index is 12.1. The first-order chi connectivity index (χ1) is 14.0. The molecule has 0 saturated carbocycles. The van der Waals surface area contributed by atoms with Crippen LogP contribution in [0.25, 0.3) is 17.4 Å². The number of hydrogen-bond donors (Lipinski definition) is 2. The molecule has 0 atom stereocenters. The molecule has 8 heteroatoms. The van der Waals surface area contributed by atoms with Gasteiger partial charge in [0.1, 0.15) is 17.6 Å². The van der Waals surface area contributed by atoms with E-state index in [0.717, 1.165) is 0 Å². The fourth-order valence-electron chi connectivity index (χ4n) is 2.44. The van der Waals surface area contributed by atoms with Crippen LogP contribution in [0.5, 0.6) is 0 Å². The van der Waals surface area contributed by atoms with Gasteiger partial charge < -0.3 is 9.73 Å². The van der Waals surface area contributed by atoms with Crippen LogP contribution in [0.1, 0.15) is 11.3 Å². The minimum atomic E-state index is -0.448. The highest BCUT2D eigenvalue weighted by Crippen LogP contribution is 2.34. The molecule has 2 aromatic carbocycles. The fraction of sp³-hybridized carbons (Fsp3) is 0. The summed E-state index contributed by atoms with van der Waals surface area (Å²) in [6, 6.07) is 17.6. The first kappa shape index (κ1) is 20.6. The van der Waals surface area contributed by atoms with E-state index in [4.69, 9.17) is 45.1 Å². The smallest absolute Gasteiger partial charge is 0.250 e. The van der Waals surface area contributed by atoms with E-state index in [0.29, 0.717) is 38.4 Å². The zero-order valence-corrected chi connectivity index (χ0v) is 17.1. The molecule has 29 heavy (non-hydrogen) atoms. The summed E-state index contributed by atoms with van der Waals surface area (Å²) in [5.74, 6) is 0.540. The van der Waals surface area contributed by atoms with Crippen LogP contribution in [0.3, 0.4) is 0 Å². The van der Waals surface area contributed by atoms with E-state index in [2.05, 4.69) is 10.6 Å². The number of hydrogen-bond acceptors (Lipinski definition) is 4. The van der Waals surface area contributed by atoms with Crippen molar-refractivity contribution in [1.29, 1.82) is 5.26 Å². The molecular weight excluding hydrogens is 429 g/mol. The first-order valence-electron chi connectivity index (χ1n) is 8.31. The first-order valence-corrected chi connectivity index (χ1v) is 9.47. The number of nitrogens with zero attached hydrogens (tertiary/aromatic N) is 1. The van der Waals surface area contributed by atoms with E-state index in [-0.39, 0.29) is 5.11 Å². The van der Waals surface area contributed by atoms with Gasteiger partial charge in [-0.05, 0) is 54.7 Å². The van der Waals surface area contributed by atoms with E-state index < -0.39 is 5.91 Å². The molecule has 0 aliphatic carbocycles. The normalized spacial score (nSPS) is 10.5. The molecule has 0 radical (unpaired) electrons. The summed E-state index contributed by atoms with van der Waals surface area (Å²) in [7, 11) is 0. The number of para-hydroxylation sites is 1. The average molecular weight is 442 g/mol. The van der Waals surface area contributed by atoms with Gasteiger partial charge in [0.05, 0.1) is 21.3 Å². The van der Waals surface area contributed by atoms with Crippen molar-refractivity contribution in [1.82, 2.24) is 5.32 Å². The van der Waals surface area contributed by atoms with Crippen molar-refractivity contribution in [2.24, 2.45) is 0 Å². The van der Waals surface area contributed by atoms with E-state index in [1.807, 2.05) is 6.07 Å². The van der Waals surface area contributed by atoms with Crippen LogP contribution >= 0.6 is 35.4 Å². The average Bonchev–Trinajstić information content (AvgIpc) is 3.17. The van der Waals surface area contributed by atoms with Crippen molar-refractivity contribution >= 4 is 58.2 Å². The molecule has 1 heterocycles. The lowest BCUT2D eigenvalue weighted by Crippen LogP contribution is -2.33. The molecule has 0 fully saturated rings. The van der Waals surface area contributed by atoms with Crippen LogP contribution < -0.4 is 10.6 Å². The molecule has 144 valence electrons. The Morgan fingerprint density at radius 3 is 2.69 bits per heavy atom. The lowest BCUT2D eigenvalue weighted by molar-refractivity contribution is -0.115. The molecule has 0 bridgehead atoms. The second kappa shape index (κ2) is 9.39. The van der Waals surface area contributed by atoms with Gasteiger partial charge >= 0.3 is 0 Å². The molecule has 0 unspecified atom stereocenters. The van der Waals surface area contributed by atoms with Gasteiger partial charge in [-0.3, -0.25) is 10.1 Å². The Bertz CT molecular complexity index is 1150. The summed E-state index contributed by atoms with van der Waals surface area (Å²) in [6.45, 7) is 0. The Hall–Kier alpha value is -3.11. The van der Waals surface area contributed by atoms with Crippen LogP contribution in [0, 0.1) is 11.3 Å². The Kier molecular flexibility index (Phi) is 6.68. The molecule has 1 aromatic heterocycles. The summed E-state index contributed by atoms with van der Waals surface area (Å²) in [4.78, 5) is 12.1. The van der Waals surface area contributed by atoms with Crippen molar-refractivity contribution < 1.29 is 9.21 Å². The standard InChI is InChI=1S/C21H13Cl2N3O2S/c22-16-6-3-5-15(20(16)23)18-10-8-14(28-18)9-11-19(27)26-21(29)25-17-7-2-1-4-13(17)12-24/h1-11H,(H2,25,26,27,29). The van der Waals surface area contributed by atoms with Gasteiger partial charge in [-0.2, -0.15) is 5.26 Å². The largest absolute Gasteiger partial charge is 0.457 e. The van der Waals surface area contributed by atoms with Gasteiger partial charge in [0.25, 0.3) is 0 Å². The van der Waals surface area contributed by atoms with Gasteiger partial charge in [0.15, 0.2) is 5.11 Å². The lowest BCUT2D eigenvalue weighted by atomic mass is 10.2. The van der Waals surface area contributed by atoms with Gasteiger partial charge in [0, 0.05) is 11.6 Å². The highest BCUT2D eigenvalue weighted by atomic mass is 35.5. The summed E-state index contributed by atoms with van der Waals surface area (Å²) in [6.07, 6.45) is 2.79. The van der Waals surface area contributed by atoms with Crippen molar-refractivity contribution in [2.75, 3.05) is 5.32 Å². The Balaban J connectivity index is 1.62. The molecule has 0 spiro atoms. The molecule has 1 amide bonds. The number of furan rings is 1. The zero-order chi connectivity index (χ0) is 20.8. The number of carbonyl (C=O) groups excluding carboxylic acids is 1. The second-order valence-electron chi connectivity index (χ2n) is 5.74. The molecule has 0 aliphatic rings. The maximum absolute atomic E-state index is 12.1.